The number of aromatic nitrogens is 2. The average Bonchev–Trinajstić information content (AvgIpc) is 2.37. The van der Waals surface area contributed by atoms with Crippen LogP contribution in [0.1, 0.15) is 19.4 Å². The second kappa shape index (κ2) is 7.24. The largest absolute Gasteiger partial charge is 0.419 e. The van der Waals surface area contributed by atoms with Gasteiger partial charge < -0.3 is 15.4 Å². The van der Waals surface area contributed by atoms with Crippen LogP contribution in [0.5, 0.6) is 0 Å². The summed E-state index contributed by atoms with van der Waals surface area (Å²) >= 11 is 0. The molecule has 1 aliphatic heterocycles. The van der Waals surface area contributed by atoms with Crippen molar-refractivity contribution >= 4 is 18.4 Å². The second-order valence-corrected chi connectivity index (χ2v) is 4.84. The quantitative estimate of drug-likeness (QED) is 0.891. The molecule has 1 saturated heterocycles. The number of rotatable bonds is 3. The van der Waals surface area contributed by atoms with E-state index in [4.69, 9.17) is 4.74 Å². The molecule has 9 heteroatoms. The summed E-state index contributed by atoms with van der Waals surface area (Å²) in [5.41, 5.74) is -0.857. The summed E-state index contributed by atoms with van der Waals surface area (Å²) in [5.74, 6) is 0.172. The van der Waals surface area contributed by atoms with Crippen LogP contribution < -0.4 is 10.6 Å². The van der Waals surface area contributed by atoms with Gasteiger partial charge in [-0.15, -0.1) is 12.4 Å². The Balaban J connectivity index is 0.00000220. The first-order valence-corrected chi connectivity index (χ1v) is 6.38. The van der Waals surface area contributed by atoms with Crippen molar-refractivity contribution in [2.75, 3.05) is 18.4 Å². The van der Waals surface area contributed by atoms with Crippen molar-refractivity contribution in [1.82, 2.24) is 15.3 Å². The van der Waals surface area contributed by atoms with Crippen molar-refractivity contribution in [3.63, 3.8) is 0 Å². The van der Waals surface area contributed by atoms with Crippen LogP contribution in [0.4, 0.5) is 19.1 Å². The van der Waals surface area contributed by atoms with Crippen LogP contribution in [0.3, 0.4) is 0 Å². The van der Waals surface area contributed by atoms with Gasteiger partial charge in [-0.05, 0) is 13.8 Å². The van der Waals surface area contributed by atoms with Gasteiger partial charge in [0.1, 0.15) is 0 Å². The predicted molar refractivity (Wildman–Crippen MR) is 74.6 cm³/mol. The monoisotopic (exact) mass is 326 g/mol. The number of halogens is 4. The highest BCUT2D eigenvalue weighted by atomic mass is 35.5. The molecule has 2 rings (SSSR count). The third-order valence-corrected chi connectivity index (χ3v) is 3.14. The fourth-order valence-electron chi connectivity index (χ4n) is 2.00. The molecule has 0 saturated carbocycles. The van der Waals surface area contributed by atoms with Gasteiger partial charge in [-0.25, -0.2) is 9.97 Å². The molecule has 1 aliphatic rings. The van der Waals surface area contributed by atoms with Gasteiger partial charge in [-0.1, -0.05) is 0 Å². The van der Waals surface area contributed by atoms with Crippen LogP contribution in [0.2, 0.25) is 0 Å². The molecule has 2 N–H and O–H groups in total. The van der Waals surface area contributed by atoms with E-state index >= 15 is 0 Å². The Morgan fingerprint density at radius 1 is 1.33 bits per heavy atom. The molecule has 2 heterocycles. The molecular formula is C12H18ClF3N4O. The zero-order valence-corrected chi connectivity index (χ0v) is 12.5. The zero-order chi connectivity index (χ0) is 14.8. The molecule has 0 aliphatic carbocycles. The fraction of sp³-hybridized carbons (Fsp3) is 0.667. The average molecular weight is 327 g/mol. The topological polar surface area (TPSA) is 59.1 Å². The lowest BCUT2D eigenvalue weighted by atomic mass is 10.1. The third kappa shape index (κ3) is 4.98. The maximum Gasteiger partial charge on any atom is 0.419 e. The summed E-state index contributed by atoms with van der Waals surface area (Å²) in [7, 11) is 0. The number of nitrogens with zero attached hydrogens (tertiary/aromatic N) is 2. The number of hydrogen-bond acceptors (Lipinski definition) is 5. The van der Waals surface area contributed by atoms with E-state index in [1.54, 1.807) is 0 Å². The van der Waals surface area contributed by atoms with Crippen LogP contribution in [0.25, 0.3) is 0 Å². The maximum atomic E-state index is 12.4. The Labute approximate surface area is 127 Å². The van der Waals surface area contributed by atoms with Crippen molar-refractivity contribution in [2.24, 2.45) is 0 Å². The molecule has 0 unspecified atom stereocenters. The lowest BCUT2D eigenvalue weighted by molar-refractivity contribution is -0.138. The SMILES string of the molecule is C[C@@H]1CN[C@H](CNc2ncc(C(F)(F)F)cn2)[C@H](C)O1.Cl. The van der Waals surface area contributed by atoms with Crippen LogP contribution in [-0.2, 0) is 10.9 Å². The van der Waals surface area contributed by atoms with Gasteiger partial charge in [0.15, 0.2) is 0 Å². The number of ether oxygens (including phenoxy) is 1. The molecule has 1 aromatic rings. The lowest BCUT2D eigenvalue weighted by Gasteiger charge is -2.34. The summed E-state index contributed by atoms with van der Waals surface area (Å²) in [6.07, 6.45) is -2.71. The first kappa shape index (κ1) is 17.9. The van der Waals surface area contributed by atoms with Crippen molar-refractivity contribution in [3.8, 4) is 0 Å². The van der Waals surface area contributed by atoms with Gasteiger partial charge in [0.05, 0.1) is 23.8 Å². The normalized spacial score (nSPS) is 26.0. The highest BCUT2D eigenvalue weighted by Gasteiger charge is 2.31. The molecule has 21 heavy (non-hydrogen) atoms. The summed E-state index contributed by atoms with van der Waals surface area (Å²) in [6.45, 7) is 5.15. The molecule has 0 bridgehead atoms. The Hall–Kier alpha value is -1.12. The number of morpholine rings is 1. The van der Waals surface area contributed by atoms with E-state index < -0.39 is 11.7 Å². The molecule has 0 radical (unpaired) electrons. The summed E-state index contributed by atoms with van der Waals surface area (Å²) in [5, 5.41) is 6.21. The van der Waals surface area contributed by atoms with Crippen molar-refractivity contribution in [2.45, 2.75) is 38.3 Å². The predicted octanol–water partition coefficient (Wildman–Crippen LogP) is 2.09. The van der Waals surface area contributed by atoms with Crippen LogP contribution in [0.15, 0.2) is 12.4 Å². The second-order valence-electron chi connectivity index (χ2n) is 4.84. The number of anilines is 1. The number of hydrogen-bond donors (Lipinski definition) is 2. The highest BCUT2D eigenvalue weighted by molar-refractivity contribution is 5.85. The minimum absolute atomic E-state index is 0. The Morgan fingerprint density at radius 2 is 1.95 bits per heavy atom. The molecule has 3 atom stereocenters. The van der Waals surface area contributed by atoms with E-state index in [-0.39, 0.29) is 36.6 Å². The van der Waals surface area contributed by atoms with Gasteiger partial charge in [0.25, 0.3) is 0 Å². The minimum Gasteiger partial charge on any atom is -0.373 e. The van der Waals surface area contributed by atoms with E-state index in [2.05, 4.69) is 20.6 Å². The van der Waals surface area contributed by atoms with Crippen LogP contribution in [-0.4, -0.2) is 41.3 Å². The van der Waals surface area contributed by atoms with Gasteiger partial charge >= 0.3 is 6.18 Å². The molecule has 0 amide bonds. The third-order valence-electron chi connectivity index (χ3n) is 3.14. The maximum absolute atomic E-state index is 12.4. The molecular weight excluding hydrogens is 309 g/mol. The standard InChI is InChI=1S/C12H17F3N4O.ClH/c1-7-3-16-10(8(2)20-7)6-19-11-17-4-9(5-18-11)12(13,14)15;/h4-5,7-8,10,16H,3,6H2,1-2H3,(H,17,18,19);1H/t7-,8+,10-;/m1./s1. The molecule has 0 spiro atoms. The summed E-state index contributed by atoms with van der Waals surface area (Å²) < 4.78 is 42.7. The molecule has 1 fully saturated rings. The summed E-state index contributed by atoms with van der Waals surface area (Å²) in [6, 6.07) is 0.0668. The van der Waals surface area contributed by atoms with E-state index in [1.165, 1.54) is 0 Å². The van der Waals surface area contributed by atoms with E-state index in [9.17, 15) is 13.2 Å². The van der Waals surface area contributed by atoms with Crippen LogP contribution >= 0.6 is 12.4 Å². The smallest absolute Gasteiger partial charge is 0.373 e. The Bertz CT molecular complexity index is 443. The van der Waals surface area contributed by atoms with E-state index in [1.807, 2.05) is 13.8 Å². The zero-order valence-electron chi connectivity index (χ0n) is 11.6. The molecule has 1 aromatic heterocycles. The fourth-order valence-corrected chi connectivity index (χ4v) is 2.00. The van der Waals surface area contributed by atoms with Gasteiger partial charge in [0, 0.05) is 25.5 Å². The molecule has 0 aromatic carbocycles. The van der Waals surface area contributed by atoms with E-state index in [0.717, 1.165) is 18.9 Å². The van der Waals surface area contributed by atoms with Crippen molar-refractivity contribution < 1.29 is 17.9 Å². The van der Waals surface area contributed by atoms with Crippen molar-refractivity contribution in [1.29, 1.82) is 0 Å². The molecule has 5 nitrogen and oxygen atoms in total. The first-order valence-electron chi connectivity index (χ1n) is 6.38. The Kier molecular flexibility index (Phi) is 6.18. The van der Waals surface area contributed by atoms with Crippen LogP contribution in [0, 0.1) is 0 Å². The van der Waals surface area contributed by atoms with Gasteiger partial charge in [-0.2, -0.15) is 13.2 Å². The van der Waals surface area contributed by atoms with E-state index in [0.29, 0.717) is 6.54 Å². The highest BCUT2D eigenvalue weighted by Crippen LogP contribution is 2.27. The first-order chi connectivity index (χ1) is 9.36. The number of nitrogens with one attached hydrogen (secondary N) is 2. The van der Waals surface area contributed by atoms with Crippen molar-refractivity contribution in [3.05, 3.63) is 18.0 Å². The lowest BCUT2D eigenvalue weighted by Crippen LogP contribution is -2.53. The van der Waals surface area contributed by atoms with Gasteiger partial charge in [-0.3, -0.25) is 0 Å². The summed E-state index contributed by atoms with van der Waals surface area (Å²) in [4.78, 5) is 7.32. The minimum atomic E-state index is -4.41. The van der Waals surface area contributed by atoms with Gasteiger partial charge in [0.2, 0.25) is 5.95 Å². The Morgan fingerprint density at radius 3 is 2.48 bits per heavy atom. The molecule has 120 valence electrons. The number of alkyl halides is 3.